The Labute approximate surface area is 130 Å². The van der Waals surface area contributed by atoms with Crippen molar-refractivity contribution in [2.45, 2.75) is 51.7 Å². The number of nitrogens with zero attached hydrogens (tertiary/aromatic N) is 1. The van der Waals surface area contributed by atoms with Gasteiger partial charge in [-0.1, -0.05) is 6.07 Å². The first-order valence-corrected chi connectivity index (χ1v) is 7.67. The van der Waals surface area contributed by atoms with Crippen molar-refractivity contribution in [2.75, 3.05) is 11.4 Å². The Bertz CT molecular complexity index is 601. The summed E-state index contributed by atoms with van der Waals surface area (Å²) in [6.07, 6.45) is 1.29. The van der Waals surface area contributed by atoms with Gasteiger partial charge in [0.1, 0.15) is 5.82 Å². The lowest BCUT2D eigenvalue weighted by Gasteiger charge is -2.32. The smallest absolute Gasteiger partial charge is 0.399 e. The van der Waals surface area contributed by atoms with Crippen LogP contribution in [0.5, 0.6) is 0 Å². The molecule has 1 aromatic rings. The third-order valence-corrected chi connectivity index (χ3v) is 4.88. The minimum Gasteiger partial charge on any atom is -0.399 e. The van der Waals surface area contributed by atoms with E-state index in [4.69, 9.17) is 9.31 Å². The van der Waals surface area contributed by atoms with Crippen molar-refractivity contribution in [1.29, 1.82) is 0 Å². The van der Waals surface area contributed by atoms with Crippen molar-refractivity contribution >= 4 is 24.2 Å². The maximum absolute atomic E-state index is 14.5. The number of halogens is 1. The lowest BCUT2D eigenvalue weighted by molar-refractivity contribution is -0.117. The molecule has 4 nitrogen and oxygen atoms in total. The molecule has 0 radical (unpaired) electrons. The molecule has 2 fully saturated rings. The van der Waals surface area contributed by atoms with Crippen LogP contribution in [0.2, 0.25) is 0 Å². The van der Waals surface area contributed by atoms with Crippen LogP contribution in [0.25, 0.3) is 0 Å². The fraction of sp³-hybridized carbons (Fsp3) is 0.562. The molecule has 6 heteroatoms. The molecule has 118 valence electrons. The van der Waals surface area contributed by atoms with Crippen molar-refractivity contribution in [3.05, 3.63) is 24.0 Å². The first kappa shape index (κ1) is 15.5. The van der Waals surface area contributed by atoms with Crippen molar-refractivity contribution in [3.8, 4) is 0 Å². The zero-order valence-corrected chi connectivity index (χ0v) is 13.5. The Balaban J connectivity index is 2.03. The molecule has 0 unspecified atom stereocenters. The van der Waals surface area contributed by atoms with Gasteiger partial charge in [0.2, 0.25) is 5.91 Å². The highest BCUT2D eigenvalue weighted by atomic mass is 19.1. The van der Waals surface area contributed by atoms with Gasteiger partial charge in [0.05, 0.1) is 11.2 Å². The fourth-order valence-electron chi connectivity index (χ4n) is 2.86. The summed E-state index contributed by atoms with van der Waals surface area (Å²) in [6.45, 7) is 8.31. The van der Waals surface area contributed by atoms with E-state index in [9.17, 15) is 9.18 Å². The first-order valence-electron chi connectivity index (χ1n) is 7.67. The SMILES string of the molecule is CC1(C)OB(c2c(F)cccc2N2CCCC2=O)OC1(C)C. The lowest BCUT2D eigenvalue weighted by atomic mass is 9.77. The topological polar surface area (TPSA) is 38.8 Å². The third kappa shape index (κ3) is 2.34. The summed E-state index contributed by atoms with van der Waals surface area (Å²) in [5, 5.41) is 0. The predicted octanol–water partition coefficient (Wildman–Crippen LogP) is 2.25. The minimum atomic E-state index is -0.811. The molecule has 1 aromatic carbocycles. The number of hydrogen-bond donors (Lipinski definition) is 0. The number of carbonyl (C=O) groups is 1. The van der Waals surface area contributed by atoms with Crippen molar-refractivity contribution < 1.29 is 18.5 Å². The van der Waals surface area contributed by atoms with Crippen LogP contribution in [0.1, 0.15) is 40.5 Å². The summed E-state index contributed by atoms with van der Waals surface area (Å²) >= 11 is 0. The molecule has 2 aliphatic rings. The van der Waals surface area contributed by atoms with E-state index in [1.165, 1.54) is 6.07 Å². The van der Waals surface area contributed by atoms with Gasteiger partial charge in [-0.15, -0.1) is 0 Å². The molecule has 0 aliphatic carbocycles. The van der Waals surface area contributed by atoms with E-state index in [0.29, 0.717) is 24.1 Å². The summed E-state index contributed by atoms with van der Waals surface area (Å²) in [5.41, 5.74) is -0.226. The molecule has 0 aromatic heterocycles. The third-order valence-electron chi connectivity index (χ3n) is 4.88. The summed E-state index contributed by atoms with van der Waals surface area (Å²) in [7, 11) is -0.811. The van der Waals surface area contributed by atoms with Crippen molar-refractivity contribution in [2.24, 2.45) is 0 Å². The van der Waals surface area contributed by atoms with Gasteiger partial charge in [-0.25, -0.2) is 4.39 Å². The highest BCUT2D eigenvalue weighted by Gasteiger charge is 2.53. The van der Waals surface area contributed by atoms with Gasteiger partial charge in [-0.05, 0) is 46.2 Å². The van der Waals surface area contributed by atoms with E-state index < -0.39 is 24.1 Å². The molecule has 22 heavy (non-hydrogen) atoms. The van der Waals surface area contributed by atoms with Crippen LogP contribution >= 0.6 is 0 Å². The normalized spacial score (nSPS) is 23.4. The van der Waals surface area contributed by atoms with Crippen molar-refractivity contribution in [3.63, 3.8) is 0 Å². The summed E-state index contributed by atoms with van der Waals surface area (Å²) in [4.78, 5) is 13.7. The molecular weight excluding hydrogens is 284 g/mol. The number of amides is 1. The van der Waals surface area contributed by atoms with E-state index in [2.05, 4.69) is 0 Å². The van der Waals surface area contributed by atoms with Crippen LogP contribution in [-0.4, -0.2) is 30.8 Å². The Morgan fingerprint density at radius 1 is 1.18 bits per heavy atom. The molecule has 0 spiro atoms. The average Bonchev–Trinajstić information content (AvgIpc) is 2.90. The van der Waals surface area contributed by atoms with Gasteiger partial charge in [-0.2, -0.15) is 0 Å². The highest BCUT2D eigenvalue weighted by molar-refractivity contribution is 6.64. The first-order chi connectivity index (χ1) is 10.2. The molecule has 2 heterocycles. The molecule has 0 N–H and O–H groups in total. The Morgan fingerprint density at radius 3 is 2.36 bits per heavy atom. The average molecular weight is 305 g/mol. The molecule has 2 saturated heterocycles. The van der Waals surface area contributed by atoms with Crippen LogP contribution in [0.3, 0.4) is 0 Å². The number of anilines is 1. The summed E-state index contributed by atoms with van der Waals surface area (Å²) in [6, 6.07) is 4.75. The predicted molar refractivity (Wildman–Crippen MR) is 83.7 cm³/mol. The fourth-order valence-corrected chi connectivity index (χ4v) is 2.86. The zero-order chi connectivity index (χ0) is 16.1. The van der Waals surface area contributed by atoms with E-state index in [-0.39, 0.29) is 5.91 Å². The van der Waals surface area contributed by atoms with E-state index >= 15 is 0 Å². The second-order valence-electron chi connectivity index (χ2n) is 6.91. The van der Waals surface area contributed by atoms with Crippen LogP contribution < -0.4 is 10.4 Å². The maximum Gasteiger partial charge on any atom is 0.500 e. The number of hydrogen-bond acceptors (Lipinski definition) is 3. The van der Waals surface area contributed by atoms with E-state index in [1.54, 1.807) is 17.0 Å². The second kappa shape index (κ2) is 5.06. The van der Waals surface area contributed by atoms with Crippen LogP contribution in [-0.2, 0) is 14.1 Å². The van der Waals surface area contributed by atoms with Crippen LogP contribution in [0.15, 0.2) is 18.2 Å². The standard InChI is InChI=1S/C16H21BFNO3/c1-15(2)16(3,4)22-17(21-15)14-11(18)7-5-8-12(14)19-10-6-9-13(19)20/h5,7-8H,6,9-10H2,1-4H3. The minimum absolute atomic E-state index is 0.0170. The Kier molecular flexibility index (Phi) is 3.57. The van der Waals surface area contributed by atoms with Gasteiger partial charge in [-0.3, -0.25) is 4.79 Å². The van der Waals surface area contributed by atoms with Gasteiger partial charge >= 0.3 is 7.12 Å². The summed E-state index contributed by atoms with van der Waals surface area (Å²) in [5.74, 6) is -0.390. The molecular formula is C16H21BFNO3. The van der Waals surface area contributed by atoms with Crippen molar-refractivity contribution in [1.82, 2.24) is 0 Å². The molecule has 2 aliphatic heterocycles. The molecule has 0 bridgehead atoms. The van der Waals surface area contributed by atoms with E-state index in [0.717, 1.165) is 6.42 Å². The summed E-state index contributed by atoms with van der Waals surface area (Å²) < 4.78 is 26.4. The monoisotopic (exact) mass is 305 g/mol. The number of rotatable bonds is 2. The van der Waals surface area contributed by atoms with Gasteiger partial charge < -0.3 is 14.2 Å². The molecule has 0 saturated carbocycles. The maximum atomic E-state index is 14.5. The molecule has 0 atom stereocenters. The Morgan fingerprint density at radius 2 is 1.82 bits per heavy atom. The zero-order valence-electron chi connectivity index (χ0n) is 13.5. The van der Waals surface area contributed by atoms with Crippen LogP contribution in [0.4, 0.5) is 10.1 Å². The van der Waals surface area contributed by atoms with E-state index in [1.807, 2.05) is 27.7 Å². The molecule has 3 rings (SSSR count). The van der Waals surface area contributed by atoms with Gasteiger partial charge in [0.15, 0.2) is 0 Å². The van der Waals surface area contributed by atoms with Gasteiger partial charge in [0.25, 0.3) is 0 Å². The lowest BCUT2D eigenvalue weighted by Crippen LogP contribution is -2.41. The molecule has 1 amide bonds. The number of benzene rings is 1. The Hall–Kier alpha value is -1.40. The largest absolute Gasteiger partial charge is 0.500 e. The highest BCUT2D eigenvalue weighted by Crippen LogP contribution is 2.37. The second-order valence-corrected chi connectivity index (χ2v) is 6.91. The van der Waals surface area contributed by atoms with Crippen LogP contribution in [0, 0.1) is 5.82 Å². The van der Waals surface area contributed by atoms with Gasteiger partial charge in [0, 0.05) is 24.1 Å². The quantitative estimate of drug-likeness (QED) is 0.787. The number of carbonyl (C=O) groups excluding carboxylic acids is 1.